The first-order chi connectivity index (χ1) is 10.2. The number of fused-ring (bicyclic) bond motifs is 1. The van der Waals surface area contributed by atoms with Crippen LogP contribution in [0, 0.1) is 5.82 Å². The first kappa shape index (κ1) is 13.7. The maximum Gasteiger partial charge on any atom is 0.134 e. The first-order valence-electron chi connectivity index (χ1n) is 6.22. The van der Waals surface area contributed by atoms with E-state index >= 15 is 0 Å². The third kappa shape index (κ3) is 2.78. The third-order valence-electron chi connectivity index (χ3n) is 3.16. The monoisotopic (exact) mass is 307 g/mol. The molecular weight excluding hydrogens is 297 g/mol. The standard InChI is InChI=1S/C15H11ClFNO3/c16-10-2-1-9(13(17)5-10)7-20-11-3-4-12-14(18-19)8-21-15(12)6-11/h1-6,19H,7-8H2/b18-14-. The Morgan fingerprint density at radius 2 is 2.14 bits per heavy atom. The van der Waals surface area contributed by atoms with Crippen molar-refractivity contribution in [2.45, 2.75) is 6.61 Å². The average Bonchev–Trinajstić information content (AvgIpc) is 2.88. The molecule has 0 fully saturated rings. The number of ether oxygens (including phenoxy) is 2. The highest BCUT2D eigenvalue weighted by molar-refractivity contribution is 6.30. The van der Waals surface area contributed by atoms with Gasteiger partial charge in [0.25, 0.3) is 0 Å². The van der Waals surface area contributed by atoms with Gasteiger partial charge in [-0.05, 0) is 24.3 Å². The maximum atomic E-state index is 13.6. The number of halogens is 2. The van der Waals surface area contributed by atoms with Crippen molar-refractivity contribution < 1.29 is 19.1 Å². The molecular formula is C15H11ClFNO3. The Morgan fingerprint density at radius 1 is 1.29 bits per heavy atom. The van der Waals surface area contributed by atoms with Gasteiger partial charge >= 0.3 is 0 Å². The lowest BCUT2D eigenvalue weighted by molar-refractivity contribution is 0.297. The fraction of sp³-hybridized carbons (Fsp3) is 0.133. The van der Waals surface area contributed by atoms with Gasteiger partial charge in [-0.25, -0.2) is 4.39 Å². The molecule has 0 aromatic heterocycles. The molecule has 0 spiro atoms. The summed E-state index contributed by atoms with van der Waals surface area (Å²) in [5, 5.41) is 12.3. The van der Waals surface area contributed by atoms with Gasteiger partial charge in [-0.15, -0.1) is 0 Å². The maximum absolute atomic E-state index is 13.6. The van der Waals surface area contributed by atoms with Gasteiger partial charge in [0.2, 0.25) is 0 Å². The Labute approximate surface area is 125 Å². The van der Waals surface area contributed by atoms with Crippen molar-refractivity contribution in [3.63, 3.8) is 0 Å². The lowest BCUT2D eigenvalue weighted by Gasteiger charge is -2.08. The van der Waals surface area contributed by atoms with Crippen molar-refractivity contribution in [1.82, 2.24) is 0 Å². The summed E-state index contributed by atoms with van der Waals surface area (Å²) < 4.78 is 24.6. The van der Waals surface area contributed by atoms with E-state index in [0.717, 1.165) is 5.56 Å². The van der Waals surface area contributed by atoms with Crippen molar-refractivity contribution in [3.8, 4) is 11.5 Å². The van der Waals surface area contributed by atoms with E-state index in [1.807, 2.05) is 0 Å². The van der Waals surface area contributed by atoms with Crippen molar-refractivity contribution in [2.75, 3.05) is 6.61 Å². The average molecular weight is 308 g/mol. The topological polar surface area (TPSA) is 51.1 Å². The van der Waals surface area contributed by atoms with Crippen LogP contribution in [0.1, 0.15) is 11.1 Å². The number of rotatable bonds is 3. The summed E-state index contributed by atoms with van der Waals surface area (Å²) in [4.78, 5) is 0. The summed E-state index contributed by atoms with van der Waals surface area (Å²) in [5.41, 5.74) is 1.61. The second kappa shape index (κ2) is 5.61. The zero-order valence-electron chi connectivity index (χ0n) is 10.8. The van der Waals surface area contributed by atoms with Crippen molar-refractivity contribution in [3.05, 3.63) is 58.4 Å². The first-order valence-corrected chi connectivity index (χ1v) is 6.60. The Morgan fingerprint density at radius 3 is 2.90 bits per heavy atom. The van der Waals surface area contributed by atoms with Crippen molar-refractivity contribution in [2.24, 2.45) is 5.16 Å². The highest BCUT2D eigenvalue weighted by Gasteiger charge is 2.20. The Bertz CT molecular complexity index is 718. The van der Waals surface area contributed by atoms with Gasteiger partial charge < -0.3 is 14.7 Å². The molecule has 0 saturated carbocycles. The molecule has 0 atom stereocenters. The van der Waals surface area contributed by atoms with Crippen molar-refractivity contribution >= 4 is 17.3 Å². The van der Waals surface area contributed by atoms with Crippen LogP contribution in [0.4, 0.5) is 4.39 Å². The largest absolute Gasteiger partial charge is 0.489 e. The Hall–Kier alpha value is -2.27. The molecule has 0 unspecified atom stereocenters. The predicted molar refractivity (Wildman–Crippen MR) is 76.0 cm³/mol. The van der Waals surface area contributed by atoms with E-state index in [9.17, 15) is 4.39 Å². The van der Waals surface area contributed by atoms with E-state index in [1.54, 1.807) is 30.3 Å². The minimum absolute atomic E-state index is 0.0860. The van der Waals surface area contributed by atoms with Crippen LogP contribution in [0.15, 0.2) is 41.6 Å². The SMILES string of the molecule is O/N=C1/COc2cc(OCc3ccc(Cl)cc3F)ccc21. The second-order valence-corrected chi connectivity index (χ2v) is 4.95. The molecule has 108 valence electrons. The van der Waals surface area contributed by atoms with Crippen LogP contribution in [-0.4, -0.2) is 17.5 Å². The van der Waals surface area contributed by atoms with E-state index in [1.165, 1.54) is 6.07 Å². The van der Waals surface area contributed by atoms with E-state index in [2.05, 4.69) is 5.16 Å². The molecule has 1 aliphatic rings. The smallest absolute Gasteiger partial charge is 0.134 e. The van der Waals surface area contributed by atoms with Gasteiger partial charge in [-0.3, -0.25) is 0 Å². The molecule has 1 N–H and O–H groups in total. The van der Waals surface area contributed by atoms with Gasteiger partial charge in [0.1, 0.15) is 36.2 Å². The summed E-state index contributed by atoms with van der Waals surface area (Å²) >= 11 is 5.70. The molecule has 2 aromatic rings. The highest BCUT2D eigenvalue weighted by Crippen LogP contribution is 2.30. The van der Waals surface area contributed by atoms with E-state index in [-0.39, 0.29) is 13.2 Å². The lowest BCUT2D eigenvalue weighted by Crippen LogP contribution is -2.01. The molecule has 0 saturated heterocycles. The lowest BCUT2D eigenvalue weighted by atomic mass is 10.1. The zero-order valence-corrected chi connectivity index (χ0v) is 11.6. The van der Waals surface area contributed by atoms with E-state index in [4.69, 9.17) is 26.3 Å². The number of oxime groups is 1. The van der Waals surface area contributed by atoms with Gasteiger partial charge in [-0.2, -0.15) is 0 Å². The van der Waals surface area contributed by atoms with Crippen LogP contribution in [0.3, 0.4) is 0 Å². The molecule has 1 heterocycles. The molecule has 0 amide bonds. The quantitative estimate of drug-likeness (QED) is 0.696. The summed E-state index contributed by atoms with van der Waals surface area (Å²) in [5.74, 6) is 0.716. The van der Waals surface area contributed by atoms with Crippen molar-refractivity contribution in [1.29, 1.82) is 0 Å². The fourth-order valence-corrected chi connectivity index (χ4v) is 2.22. The molecule has 21 heavy (non-hydrogen) atoms. The van der Waals surface area contributed by atoms with Crippen LogP contribution < -0.4 is 9.47 Å². The molecule has 3 rings (SSSR count). The fourth-order valence-electron chi connectivity index (χ4n) is 2.06. The van der Waals surface area contributed by atoms with Crippen LogP contribution in [0.5, 0.6) is 11.5 Å². The van der Waals surface area contributed by atoms with Crippen LogP contribution >= 0.6 is 11.6 Å². The van der Waals surface area contributed by atoms with E-state index in [0.29, 0.717) is 27.8 Å². The van der Waals surface area contributed by atoms with Crippen LogP contribution in [0.25, 0.3) is 0 Å². The predicted octanol–water partition coefficient (Wildman–Crippen LogP) is 3.63. The third-order valence-corrected chi connectivity index (χ3v) is 3.39. The number of hydrogen-bond acceptors (Lipinski definition) is 4. The molecule has 2 aromatic carbocycles. The molecule has 6 heteroatoms. The van der Waals surface area contributed by atoms with Crippen LogP contribution in [-0.2, 0) is 6.61 Å². The normalized spacial score (nSPS) is 14.9. The number of nitrogens with zero attached hydrogens (tertiary/aromatic N) is 1. The zero-order chi connectivity index (χ0) is 14.8. The molecule has 1 aliphatic heterocycles. The molecule has 4 nitrogen and oxygen atoms in total. The van der Waals surface area contributed by atoms with Gasteiger partial charge in [0, 0.05) is 22.2 Å². The second-order valence-electron chi connectivity index (χ2n) is 4.52. The van der Waals surface area contributed by atoms with Gasteiger partial charge in [-0.1, -0.05) is 22.8 Å². The van der Waals surface area contributed by atoms with Gasteiger partial charge in [0.15, 0.2) is 0 Å². The molecule has 0 radical (unpaired) electrons. The number of benzene rings is 2. The Kier molecular flexibility index (Phi) is 3.66. The molecule has 0 bridgehead atoms. The minimum Gasteiger partial charge on any atom is -0.489 e. The Balaban J connectivity index is 1.75. The summed E-state index contributed by atoms with van der Waals surface area (Å²) in [7, 11) is 0. The summed E-state index contributed by atoms with van der Waals surface area (Å²) in [6, 6.07) is 9.58. The summed E-state index contributed by atoms with van der Waals surface area (Å²) in [6.45, 7) is 0.309. The summed E-state index contributed by atoms with van der Waals surface area (Å²) in [6.07, 6.45) is 0. The molecule has 0 aliphatic carbocycles. The van der Waals surface area contributed by atoms with Gasteiger partial charge in [0.05, 0.1) is 0 Å². The minimum atomic E-state index is -0.408. The number of hydrogen-bond donors (Lipinski definition) is 1. The van der Waals surface area contributed by atoms with E-state index < -0.39 is 5.82 Å². The highest BCUT2D eigenvalue weighted by atomic mass is 35.5. The van der Waals surface area contributed by atoms with Crippen LogP contribution in [0.2, 0.25) is 5.02 Å².